The molecule has 0 spiro atoms. The SMILES string of the molecule is N#CCC(=O)NCCNC(=O)/C=C/C1CC1. The Morgan fingerprint density at radius 3 is 2.62 bits per heavy atom. The van der Waals surface area contributed by atoms with Crippen molar-refractivity contribution < 1.29 is 9.59 Å². The molecule has 1 aliphatic carbocycles. The van der Waals surface area contributed by atoms with E-state index in [0.717, 1.165) is 0 Å². The number of amides is 2. The first-order chi connectivity index (χ1) is 7.72. The molecule has 0 bridgehead atoms. The summed E-state index contributed by atoms with van der Waals surface area (Å²) in [6.07, 6.45) is 5.65. The predicted octanol–water partition coefficient (Wildman–Crippen LogP) is 0.0987. The van der Waals surface area contributed by atoms with E-state index in [1.165, 1.54) is 18.9 Å². The summed E-state index contributed by atoms with van der Waals surface area (Å²) in [5.74, 6) is 0.132. The number of carbonyl (C=O) groups excluding carboxylic acids is 2. The van der Waals surface area contributed by atoms with Crippen LogP contribution in [0.3, 0.4) is 0 Å². The van der Waals surface area contributed by atoms with Gasteiger partial charge in [0.15, 0.2) is 0 Å². The molecule has 2 amide bonds. The highest BCUT2D eigenvalue weighted by Crippen LogP contribution is 2.29. The maximum absolute atomic E-state index is 11.2. The van der Waals surface area contributed by atoms with Crippen molar-refractivity contribution in [3.8, 4) is 6.07 Å². The molecule has 0 aromatic heterocycles. The van der Waals surface area contributed by atoms with Crippen LogP contribution in [0.25, 0.3) is 0 Å². The van der Waals surface area contributed by atoms with Crippen LogP contribution >= 0.6 is 0 Å². The van der Waals surface area contributed by atoms with E-state index in [0.29, 0.717) is 19.0 Å². The van der Waals surface area contributed by atoms with Gasteiger partial charge in [0.2, 0.25) is 11.8 Å². The van der Waals surface area contributed by atoms with Gasteiger partial charge in [0.05, 0.1) is 6.07 Å². The minimum atomic E-state index is -0.315. The fraction of sp³-hybridized carbons (Fsp3) is 0.545. The number of hydrogen-bond donors (Lipinski definition) is 2. The maximum Gasteiger partial charge on any atom is 0.243 e. The molecule has 1 aliphatic rings. The van der Waals surface area contributed by atoms with E-state index in [2.05, 4.69) is 10.6 Å². The van der Waals surface area contributed by atoms with Crippen LogP contribution < -0.4 is 10.6 Å². The van der Waals surface area contributed by atoms with Crippen LogP contribution in [0.1, 0.15) is 19.3 Å². The molecule has 0 atom stereocenters. The lowest BCUT2D eigenvalue weighted by atomic mass is 10.3. The topological polar surface area (TPSA) is 82.0 Å². The summed E-state index contributed by atoms with van der Waals surface area (Å²) in [5.41, 5.74) is 0. The third-order valence-corrected chi connectivity index (χ3v) is 2.13. The van der Waals surface area contributed by atoms with Crippen LogP contribution in [0.5, 0.6) is 0 Å². The summed E-state index contributed by atoms with van der Waals surface area (Å²) < 4.78 is 0. The number of nitrogens with zero attached hydrogens (tertiary/aromatic N) is 1. The fourth-order valence-corrected chi connectivity index (χ4v) is 1.09. The Bertz CT molecular complexity index is 327. The Morgan fingerprint density at radius 1 is 1.31 bits per heavy atom. The third kappa shape index (κ3) is 5.81. The van der Waals surface area contributed by atoms with Crippen molar-refractivity contribution in [3.63, 3.8) is 0 Å². The molecule has 0 unspecified atom stereocenters. The monoisotopic (exact) mass is 221 g/mol. The van der Waals surface area contributed by atoms with Crippen LogP contribution in [-0.4, -0.2) is 24.9 Å². The first-order valence-electron chi connectivity index (χ1n) is 5.32. The van der Waals surface area contributed by atoms with Crippen LogP contribution in [0.15, 0.2) is 12.2 Å². The molecule has 16 heavy (non-hydrogen) atoms. The van der Waals surface area contributed by atoms with Gasteiger partial charge in [-0.15, -0.1) is 0 Å². The lowest BCUT2D eigenvalue weighted by Crippen LogP contribution is -2.33. The summed E-state index contributed by atoms with van der Waals surface area (Å²) >= 11 is 0. The summed E-state index contributed by atoms with van der Waals surface area (Å²) in [6, 6.07) is 1.75. The summed E-state index contributed by atoms with van der Waals surface area (Å²) in [4.78, 5) is 22.0. The molecule has 5 heteroatoms. The van der Waals surface area contributed by atoms with E-state index in [1.807, 2.05) is 6.08 Å². The van der Waals surface area contributed by atoms with E-state index in [-0.39, 0.29) is 18.2 Å². The minimum Gasteiger partial charge on any atom is -0.353 e. The van der Waals surface area contributed by atoms with E-state index in [1.54, 1.807) is 6.07 Å². The number of nitrogens with one attached hydrogen (secondary N) is 2. The molecule has 1 fully saturated rings. The van der Waals surface area contributed by atoms with Crippen molar-refractivity contribution in [2.24, 2.45) is 5.92 Å². The van der Waals surface area contributed by atoms with Gasteiger partial charge in [-0.05, 0) is 24.8 Å². The average Bonchev–Trinajstić information content (AvgIpc) is 3.06. The highest BCUT2D eigenvalue weighted by molar-refractivity contribution is 5.87. The van der Waals surface area contributed by atoms with E-state index < -0.39 is 0 Å². The van der Waals surface area contributed by atoms with Gasteiger partial charge in [-0.1, -0.05) is 6.08 Å². The molecule has 1 rings (SSSR count). The smallest absolute Gasteiger partial charge is 0.243 e. The van der Waals surface area contributed by atoms with Gasteiger partial charge in [-0.3, -0.25) is 9.59 Å². The van der Waals surface area contributed by atoms with Crippen molar-refractivity contribution >= 4 is 11.8 Å². The van der Waals surface area contributed by atoms with Crippen LogP contribution in [0.2, 0.25) is 0 Å². The van der Waals surface area contributed by atoms with Crippen LogP contribution in [0, 0.1) is 17.2 Å². The molecule has 0 aliphatic heterocycles. The molecule has 0 aromatic carbocycles. The zero-order valence-electron chi connectivity index (χ0n) is 9.03. The minimum absolute atomic E-state index is 0.138. The highest BCUT2D eigenvalue weighted by atomic mass is 16.2. The quantitative estimate of drug-likeness (QED) is 0.493. The number of hydrogen-bond acceptors (Lipinski definition) is 3. The largest absolute Gasteiger partial charge is 0.353 e. The zero-order chi connectivity index (χ0) is 11.8. The summed E-state index contributed by atoms with van der Waals surface area (Å²) in [5, 5.41) is 13.4. The van der Waals surface area contributed by atoms with Crippen molar-refractivity contribution in [2.45, 2.75) is 19.3 Å². The highest BCUT2D eigenvalue weighted by Gasteiger charge is 2.17. The molecule has 1 saturated carbocycles. The molecular formula is C11H15N3O2. The molecule has 2 N–H and O–H groups in total. The standard InChI is InChI=1S/C11H15N3O2/c12-6-5-11(16)14-8-7-13-10(15)4-3-9-1-2-9/h3-4,9H,1-2,5,7-8H2,(H,13,15)(H,14,16)/b4-3+. The lowest BCUT2D eigenvalue weighted by Gasteiger charge is -2.03. The first-order valence-corrected chi connectivity index (χ1v) is 5.32. The second-order valence-corrected chi connectivity index (χ2v) is 3.67. The normalized spacial score (nSPS) is 14.4. The molecule has 0 heterocycles. The predicted molar refractivity (Wildman–Crippen MR) is 58.1 cm³/mol. The van der Waals surface area contributed by atoms with Crippen LogP contribution in [-0.2, 0) is 9.59 Å². The first kappa shape index (κ1) is 12.2. The maximum atomic E-state index is 11.2. The van der Waals surface area contributed by atoms with Gasteiger partial charge in [-0.25, -0.2) is 0 Å². The number of allylic oxidation sites excluding steroid dienone is 1. The van der Waals surface area contributed by atoms with Crippen molar-refractivity contribution in [1.29, 1.82) is 5.26 Å². The zero-order valence-corrected chi connectivity index (χ0v) is 9.03. The van der Waals surface area contributed by atoms with Gasteiger partial charge >= 0.3 is 0 Å². The van der Waals surface area contributed by atoms with Gasteiger partial charge in [0, 0.05) is 13.1 Å². The van der Waals surface area contributed by atoms with Crippen LogP contribution in [0.4, 0.5) is 0 Å². The van der Waals surface area contributed by atoms with Crippen molar-refractivity contribution in [2.75, 3.05) is 13.1 Å². The van der Waals surface area contributed by atoms with Crippen molar-refractivity contribution in [3.05, 3.63) is 12.2 Å². The molecular weight excluding hydrogens is 206 g/mol. The Morgan fingerprint density at radius 2 is 2.00 bits per heavy atom. The Hall–Kier alpha value is -1.83. The van der Waals surface area contributed by atoms with Gasteiger partial charge in [-0.2, -0.15) is 5.26 Å². The second-order valence-electron chi connectivity index (χ2n) is 3.67. The number of nitriles is 1. The van der Waals surface area contributed by atoms with E-state index >= 15 is 0 Å². The Kier molecular flexibility index (Phi) is 5.06. The Labute approximate surface area is 94.5 Å². The Balaban J connectivity index is 1.99. The van der Waals surface area contributed by atoms with Gasteiger partial charge < -0.3 is 10.6 Å². The molecule has 5 nitrogen and oxygen atoms in total. The summed E-state index contributed by atoms with van der Waals surface area (Å²) in [7, 11) is 0. The molecule has 0 saturated heterocycles. The molecule has 86 valence electrons. The van der Waals surface area contributed by atoms with E-state index in [4.69, 9.17) is 5.26 Å². The fourth-order valence-electron chi connectivity index (χ4n) is 1.09. The van der Waals surface area contributed by atoms with Gasteiger partial charge in [0.25, 0.3) is 0 Å². The summed E-state index contributed by atoms with van der Waals surface area (Å²) in [6.45, 7) is 0.731. The molecule has 0 aromatic rings. The third-order valence-electron chi connectivity index (χ3n) is 2.13. The number of carbonyl (C=O) groups is 2. The van der Waals surface area contributed by atoms with Gasteiger partial charge in [0.1, 0.15) is 6.42 Å². The van der Waals surface area contributed by atoms with Crippen molar-refractivity contribution in [1.82, 2.24) is 10.6 Å². The molecule has 0 radical (unpaired) electrons. The van der Waals surface area contributed by atoms with E-state index in [9.17, 15) is 9.59 Å². The second kappa shape index (κ2) is 6.62. The lowest BCUT2D eigenvalue weighted by molar-refractivity contribution is -0.120. The average molecular weight is 221 g/mol. The number of rotatable bonds is 6.